The normalized spacial score (nSPS) is 26.4. The molecule has 1 saturated heterocycles. The average Bonchev–Trinajstić information content (AvgIpc) is 2.14. The number of rotatable bonds is 3. The number of carboxylic acids is 1. The van der Waals surface area contributed by atoms with E-state index in [1.165, 1.54) is 0 Å². The van der Waals surface area contributed by atoms with Crippen LogP contribution in [0.25, 0.3) is 0 Å². The predicted octanol–water partition coefficient (Wildman–Crippen LogP) is 1.99. The molecule has 1 fully saturated rings. The summed E-state index contributed by atoms with van der Waals surface area (Å²) in [5.74, 6) is -4.98. The minimum absolute atomic E-state index is 0.0929. The van der Waals surface area contributed by atoms with E-state index in [1.54, 1.807) is 4.90 Å². The zero-order valence-corrected chi connectivity index (χ0v) is 9.49. The van der Waals surface area contributed by atoms with E-state index in [0.29, 0.717) is 13.0 Å². The lowest BCUT2D eigenvalue weighted by Crippen LogP contribution is -2.50. The molecule has 5 heteroatoms. The van der Waals surface area contributed by atoms with Gasteiger partial charge >= 0.3 is 5.97 Å². The molecule has 1 N–H and O–H groups in total. The Bertz CT molecular complexity index is 290. The van der Waals surface area contributed by atoms with Crippen LogP contribution in [0.4, 0.5) is 8.78 Å². The van der Waals surface area contributed by atoms with Crippen LogP contribution in [0.5, 0.6) is 0 Å². The van der Waals surface area contributed by atoms with Crippen molar-refractivity contribution >= 4 is 5.97 Å². The van der Waals surface area contributed by atoms with Crippen molar-refractivity contribution in [1.29, 1.82) is 0 Å². The van der Waals surface area contributed by atoms with Crippen molar-refractivity contribution in [1.82, 2.24) is 4.90 Å². The summed E-state index contributed by atoms with van der Waals surface area (Å²) in [5.41, 5.74) is 0. The molecule has 3 nitrogen and oxygen atoms in total. The maximum atomic E-state index is 13.6. The highest BCUT2D eigenvalue weighted by atomic mass is 19.3. The molecule has 1 aliphatic heterocycles. The number of alkyl halides is 2. The molecule has 1 aliphatic rings. The van der Waals surface area contributed by atoms with Crippen LogP contribution in [-0.4, -0.2) is 41.0 Å². The van der Waals surface area contributed by atoms with Gasteiger partial charge in [-0.1, -0.05) is 6.08 Å². The molecule has 92 valence electrons. The fourth-order valence-electron chi connectivity index (χ4n) is 1.86. The van der Waals surface area contributed by atoms with Crippen molar-refractivity contribution in [2.75, 3.05) is 13.1 Å². The predicted molar refractivity (Wildman–Crippen MR) is 56.5 cm³/mol. The van der Waals surface area contributed by atoms with Crippen molar-refractivity contribution in [2.24, 2.45) is 5.92 Å². The van der Waals surface area contributed by atoms with E-state index in [9.17, 15) is 13.6 Å². The van der Waals surface area contributed by atoms with Gasteiger partial charge in [0, 0.05) is 18.0 Å². The summed E-state index contributed by atoms with van der Waals surface area (Å²) in [4.78, 5) is 12.0. The topological polar surface area (TPSA) is 40.5 Å². The van der Waals surface area contributed by atoms with E-state index in [2.05, 4.69) is 0 Å². The summed E-state index contributed by atoms with van der Waals surface area (Å²) < 4.78 is 27.3. The summed E-state index contributed by atoms with van der Waals surface area (Å²) in [7, 11) is 0. The molecule has 0 aliphatic carbocycles. The van der Waals surface area contributed by atoms with E-state index in [-0.39, 0.29) is 12.6 Å². The van der Waals surface area contributed by atoms with Gasteiger partial charge in [-0.05, 0) is 26.8 Å². The fraction of sp³-hybridized carbons (Fsp3) is 0.727. The molecule has 1 atom stereocenters. The molecule has 1 unspecified atom stereocenters. The van der Waals surface area contributed by atoms with Gasteiger partial charge in [-0.15, -0.1) is 0 Å². The van der Waals surface area contributed by atoms with Gasteiger partial charge in [0.25, 0.3) is 5.92 Å². The number of carboxylic acid groups (broad SMARTS) is 1. The van der Waals surface area contributed by atoms with Crippen LogP contribution in [0, 0.1) is 5.92 Å². The van der Waals surface area contributed by atoms with Crippen LogP contribution >= 0.6 is 0 Å². The molecule has 0 radical (unpaired) electrons. The van der Waals surface area contributed by atoms with Crippen LogP contribution in [0.3, 0.4) is 0 Å². The Morgan fingerprint density at radius 2 is 2.19 bits per heavy atom. The minimum atomic E-state index is -2.84. The number of carbonyl (C=O) groups is 1. The first-order chi connectivity index (χ1) is 7.33. The first kappa shape index (κ1) is 13.1. The second-order valence-corrected chi connectivity index (χ2v) is 4.42. The van der Waals surface area contributed by atoms with E-state index < -0.39 is 17.8 Å². The standard InChI is InChI=1S/C11H17F2NO2/c1-8(2)14-6-5-9(3-4-10(15)16)11(12,13)7-14/h3-4,8-9H,5-7H2,1-2H3,(H,15,16)/b4-3+. The van der Waals surface area contributed by atoms with Crippen molar-refractivity contribution in [3.05, 3.63) is 12.2 Å². The third-order valence-corrected chi connectivity index (χ3v) is 2.89. The molecule has 0 saturated carbocycles. The second kappa shape index (κ2) is 4.91. The maximum absolute atomic E-state index is 13.6. The highest BCUT2D eigenvalue weighted by molar-refractivity contribution is 5.79. The largest absolute Gasteiger partial charge is 0.478 e. The monoisotopic (exact) mass is 233 g/mol. The molecule has 0 bridgehead atoms. The third kappa shape index (κ3) is 3.27. The zero-order valence-electron chi connectivity index (χ0n) is 9.49. The van der Waals surface area contributed by atoms with Crippen molar-refractivity contribution in [3.8, 4) is 0 Å². The van der Waals surface area contributed by atoms with Gasteiger partial charge in [0.15, 0.2) is 0 Å². The highest BCUT2D eigenvalue weighted by Gasteiger charge is 2.43. The van der Waals surface area contributed by atoms with Gasteiger partial charge in [0.1, 0.15) is 0 Å². The van der Waals surface area contributed by atoms with Crippen LogP contribution in [-0.2, 0) is 4.79 Å². The number of halogens is 2. The summed E-state index contributed by atoms with van der Waals surface area (Å²) in [5, 5.41) is 8.41. The molecule has 0 spiro atoms. The Morgan fingerprint density at radius 1 is 1.56 bits per heavy atom. The number of piperidine rings is 1. The summed E-state index contributed by atoms with van der Waals surface area (Å²) >= 11 is 0. The first-order valence-electron chi connectivity index (χ1n) is 5.36. The molecular weight excluding hydrogens is 216 g/mol. The molecule has 1 heterocycles. The molecular formula is C11H17F2NO2. The SMILES string of the molecule is CC(C)N1CCC(/C=C/C(=O)O)C(F)(F)C1. The Balaban J connectivity index is 2.67. The lowest BCUT2D eigenvalue weighted by molar-refractivity contribution is -0.131. The fourth-order valence-corrected chi connectivity index (χ4v) is 1.86. The van der Waals surface area contributed by atoms with Gasteiger partial charge in [-0.2, -0.15) is 0 Å². The quantitative estimate of drug-likeness (QED) is 0.758. The van der Waals surface area contributed by atoms with Crippen molar-refractivity contribution in [2.45, 2.75) is 32.2 Å². The number of hydrogen-bond acceptors (Lipinski definition) is 2. The van der Waals surface area contributed by atoms with Gasteiger partial charge in [-0.3, -0.25) is 4.90 Å². The Labute approximate surface area is 93.7 Å². The van der Waals surface area contributed by atoms with Gasteiger partial charge in [0.2, 0.25) is 0 Å². The van der Waals surface area contributed by atoms with E-state index >= 15 is 0 Å². The van der Waals surface area contributed by atoms with Crippen LogP contribution in [0.1, 0.15) is 20.3 Å². The van der Waals surface area contributed by atoms with Gasteiger partial charge in [0.05, 0.1) is 6.54 Å². The maximum Gasteiger partial charge on any atom is 0.327 e. The average molecular weight is 233 g/mol. The molecule has 0 aromatic heterocycles. The van der Waals surface area contributed by atoms with Crippen molar-refractivity contribution in [3.63, 3.8) is 0 Å². The number of hydrogen-bond donors (Lipinski definition) is 1. The molecule has 0 amide bonds. The zero-order chi connectivity index (χ0) is 12.3. The number of likely N-dealkylation sites (tertiary alicyclic amines) is 1. The number of nitrogens with zero attached hydrogens (tertiary/aromatic N) is 1. The molecule has 0 aromatic carbocycles. The lowest BCUT2D eigenvalue weighted by atomic mass is 9.91. The molecule has 1 rings (SSSR count). The second-order valence-electron chi connectivity index (χ2n) is 4.42. The van der Waals surface area contributed by atoms with Crippen LogP contribution in [0.15, 0.2) is 12.2 Å². The van der Waals surface area contributed by atoms with Gasteiger partial charge in [-0.25, -0.2) is 13.6 Å². The molecule has 0 aromatic rings. The van der Waals surface area contributed by atoms with Crippen LogP contribution < -0.4 is 0 Å². The highest BCUT2D eigenvalue weighted by Crippen LogP contribution is 2.34. The summed E-state index contributed by atoms with van der Waals surface area (Å²) in [6.45, 7) is 4.05. The van der Waals surface area contributed by atoms with E-state index in [0.717, 1.165) is 12.2 Å². The Morgan fingerprint density at radius 3 is 2.62 bits per heavy atom. The number of allylic oxidation sites excluding steroid dienone is 1. The minimum Gasteiger partial charge on any atom is -0.478 e. The van der Waals surface area contributed by atoms with Crippen LogP contribution in [0.2, 0.25) is 0 Å². The smallest absolute Gasteiger partial charge is 0.327 e. The third-order valence-electron chi connectivity index (χ3n) is 2.89. The summed E-state index contributed by atoms with van der Waals surface area (Å²) in [6, 6.07) is 0.0929. The Kier molecular flexibility index (Phi) is 4.02. The van der Waals surface area contributed by atoms with E-state index in [4.69, 9.17) is 5.11 Å². The lowest BCUT2D eigenvalue weighted by Gasteiger charge is -2.39. The molecule has 16 heavy (non-hydrogen) atoms. The first-order valence-corrected chi connectivity index (χ1v) is 5.36. The van der Waals surface area contributed by atoms with Crippen molar-refractivity contribution < 1.29 is 18.7 Å². The van der Waals surface area contributed by atoms with E-state index in [1.807, 2.05) is 13.8 Å². The van der Waals surface area contributed by atoms with Gasteiger partial charge < -0.3 is 5.11 Å². The summed E-state index contributed by atoms with van der Waals surface area (Å²) in [6.07, 6.45) is 2.22. The number of aliphatic carboxylic acids is 1. The Hall–Kier alpha value is -0.970.